The quantitative estimate of drug-likeness (QED) is 0.128. The minimum atomic E-state index is -3.46. The first kappa shape index (κ1) is 38.4. The second kappa shape index (κ2) is 16.1. The lowest BCUT2D eigenvalue weighted by Crippen LogP contribution is -2.16. The third-order valence-electron chi connectivity index (χ3n) is 10.1. The topological polar surface area (TPSA) is 74.3 Å². The van der Waals surface area contributed by atoms with E-state index in [4.69, 9.17) is 18.5 Å². The van der Waals surface area contributed by atoms with Crippen molar-refractivity contribution in [3.8, 4) is 34.1 Å². The third-order valence-corrected chi connectivity index (χ3v) is 14.2. The lowest BCUT2D eigenvalue weighted by atomic mass is 10.0. The van der Waals surface area contributed by atoms with Gasteiger partial charge in [0.1, 0.15) is 23.0 Å². The van der Waals surface area contributed by atoms with Crippen LogP contribution in [0.4, 0.5) is 17.1 Å². The van der Waals surface area contributed by atoms with Crippen molar-refractivity contribution in [3.63, 3.8) is 0 Å². The van der Waals surface area contributed by atoms with Crippen LogP contribution >= 0.6 is 14.7 Å². The normalized spacial score (nSPS) is 19.5. The monoisotopic (exact) mass is 801 g/mol. The van der Waals surface area contributed by atoms with Gasteiger partial charge >= 0.3 is 0 Å². The highest BCUT2D eigenvalue weighted by Crippen LogP contribution is 2.65. The summed E-state index contributed by atoms with van der Waals surface area (Å²) in [5.41, 5.74) is 7.94. The van der Waals surface area contributed by atoms with E-state index in [9.17, 15) is 9.13 Å². The van der Waals surface area contributed by atoms with E-state index in [1.807, 2.05) is 140 Å². The van der Waals surface area contributed by atoms with Gasteiger partial charge in [-0.1, -0.05) is 79.4 Å². The minimum absolute atomic E-state index is 0.535. The summed E-state index contributed by atoms with van der Waals surface area (Å²) in [6, 6.07) is 44.9. The Balaban J connectivity index is 1.06. The molecule has 58 heavy (non-hydrogen) atoms. The maximum Gasteiger partial charge on any atom is 0.300 e. The SMILES string of the molecule is C=C/C=C1\C(=C/C)c2cc(OC)ccc2OP1(=O)/C=C/c1ccc(N(c2ccccc2)c2ccc(/C=C/P3(=O)Oc4ccc(OC)cc4-c4ccccc43)cc2)cc1. The number of allylic oxidation sites excluding steroid dienone is 5. The molecule has 2 aliphatic heterocycles. The molecule has 0 N–H and O–H groups in total. The lowest BCUT2D eigenvalue weighted by molar-refractivity contribution is 0.413. The zero-order chi connectivity index (χ0) is 40.3. The van der Waals surface area contributed by atoms with Crippen molar-refractivity contribution in [2.24, 2.45) is 0 Å². The summed E-state index contributed by atoms with van der Waals surface area (Å²) in [6.45, 7) is 5.79. The summed E-state index contributed by atoms with van der Waals surface area (Å²) in [7, 11) is -3.61. The fourth-order valence-corrected chi connectivity index (χ4v) is 11.2. The van der Waals surface area contributed by atoms with Gasteiger partial charge in [-0.15, -0.1) is 0 Å². The number of para-hydroxylation sites is 1. The summed E-state index contributed by atoms with van der Waals surface area (Å²) >= 11 is 0. The van der Waals surface area contributed by atoms with E-state index in [2.05, 4.69) is 23.6 Å². The fourth-order valence-electron chi connectivity index (χ4n) is 7.21. The average molecular weight is 802 g/mol. The Hall–Kier alpha value is -6.52. The predicted octanol–water partition coefficient (Wildman–Crippen LogP) is 13.6. The molecule has 8 rings (SSSR count). The van der Waals surface area contributed by atoms with Gasteiger partial charge in [-0.05, 0) is 126 Å². The molecule has 2 heterocycles. The van der Waals surface area contributed by atoms with Gasteiger partial charge in [0.2, 0.25) is 0 Å². The van der Waals surface area contributed by atoms with Gasteiger partial charge in [0.25, 0.3) is 14.7 Å². The number of benzene rings is 6. The summed E-state index contributed by atoms with van der Waals surface area (Å²) in [6.07, 6.45) is 9.02. The molecule has 0 bridgehead atoms. The number of anilines is 3. The smallest absolute Gasteiger partial charge is 0.300 e. The molecule has 0 saturated carbocycles. The van der Waals surface area contributed by atoms with Crippen molar-refractivity contribution in [3.05, 3.63) is 198 Å². The van der Waals surface area contributed by atoms with Crippen molar-refractivity contribution in [2.75, 3.05) is 19.1 Å². The molecule has 6 aromatic carbocycles. The van der Waals surface area contributed by atoms with Gasteiger partial charge < -0.3 is 23.4 Å². The van der Waals surface area contributed by atoms with Crippen molar-refractivity contribution in [1.82, 2.24) is 0 Å². The molecule has 0 radical (unpaired) electrons. The van der Waals surface area contributed by atoms with Gasteiger partial charge in [-0.3, -0.25) is 9.13 Å². The number of ether oxygens (including phenoxy) is 2. The molecule has 0 aromatic heterocycles. The number of methoxy groups -OCH3 is 2. The Morgan fingerprint density at radius 3 is 1.69 bits per heavy atom. The Morgan fingerprint density at radius 2 is 1.10 bits per heavy atom. The Labute approximate surface area is 339 Å². The molecule has 0 fully saturated rings. The van der Waals surface area contributed by atoms with Gasteiger partial charge in [0.15, 0.2) is 0 Å². The van der Waals surface area contributed by atoms with E-state index < -0.39 is 14.7 Å². The largest absolute Gasteiger partial charge is 0.497 e. The molecule has 0 spiro atoms. The van der Waals surface area contributed by atoms with Gasteiger partial charge in [0.05, 0.1) is 24.8 Å². The standard InChI is InChI=1S/C49H41NO6P2/c1-5-12-48-42(6-2)44-33-40(53-3)25-27-46(44)55-57(48,51)31-29-35-17-21-38(22-18-35)50(37-13-8-7-9-14-37)39-23-19-36(20-24-39)30-32-58(52)49-16-11-10-15-43(49)45-34-41(54-4)26-28-47(45)56-58/h5-34H,1H2,2-4H3/b31-29+,32-30+,42-6-,48-12+. The molecule has 2 atom stereocenters. The minimum Gasteiger partial charge on any atom is -0.497 e. The molecule has 0 amide bonds. The number of nitrogens with zero attached hydrogens (tertiary/aromatic N) is 1. The van der Waals surface area contributed by atoms with E-state index in [-0.39, 0.29) is 0 Å². The Kier molecular flexibility index (Phi) is 10.7. The lowest BCUT2D eigenvalue weighted by Gasteiger charge is -2.29. The first-order valence-corrected chi connectivity index (χ1v) is 22.1. The van der Waals surface area contributed by atoms with Crippen LogP contribution in [0.1, 0.15) is 23.6 Å². The van der Waals surface area contributed by atoms with Crippen LogP contribution in [-0.2, 0) is 9.13 Å². The predicted molar refractivity (Wildman–Crippen MR) is 239 cm³/mol. The first-order valence-electron chi connectivity index (χ1n) is 18.7. The van der Waals surface area contributed by atoms with Gasteiger partial charge in [-0.2, -0.15) is 0 Å². The Bertz CT molecular complexity index is 2730. The van der Waals surface area contributed by atoms with Crippen molar-refractivity contribution < 1.29 is 27.7 Å². The number of fused-ring (bicyclic) bond motifs is 4. The summed E-state index contributed by atoms with van der Waals surface area (Å²) in [5.74, 6) is 5.84. The summed E-state index contributed by atoms with van der Waals surface area (Å²) in [4.78, 5) is 2.16. The van der Waals surface area contributed by atoms with Crippen LogP contribution in [0, 0.1) is 0 Å². The van der Waals surface area contributed by atoms with Gasteiger partial charge in [-0.25, -0.2) is 0 Å². The highest BCUT2D eigenvalue weighted by Gasteiger charge is 2.37. The molecule has 288 valence electrons. The summed E-state index contributed by atoms with van der Waals surface area (Å²) in [5, 5.41) is 1.22. The highest BCUT2D eigenvalue weighted by atomic mass is 31.2. The molecule has 6 aromatic rings. The van der Waals surface area contributed by atoms with E-state index in [1.54, 1.807) is 50.1 Å². The molecule has 0 saturated heterocycles. The maximum absolute atomic E-state index is 14.5. The second-order valence-electron chi connectivity index (χ2n) is 13.6. The van der Waals surface area contributed by atoms with Crippen LogP contribution in [0.3, 0.4) is 0 Å². The van der Waals surface area contributed by atoms with E-state index in [0.29, 0.717) is 33.6 Å². The summed E-state index contributed by atoms with van der Waals surface area (Å²) < 4.78 is 52.3. The van der Waals surface area contributed by atoms with Crippen LogP contribution in [0.5, 0.6) is 23.0 Å². The third kappa shape index (κ3) is 7.39. The average Bonchev–Trinajstić information content (AvgIpc) is 3.26. The van der Waals surface area contributed by atoms with Crippen LogP contribution in [0.15, 0.2) is 181 Å². The number of rotatable bonds is 10. The molecular weight excluding hydrogens is 760 g/mol. The first-order chi connectivity index (χ1) is 28.3. The molecular formula is C49H41NO6P2. The molecule has 0 aliphatic carbocycles. The van der Waals surface area contributed by atoms with Crippen LogP contribution in [-0.4, -0.2) is 14.2 Å². The van der Waals surface area contributed by atoms with Crippen molar-refractivity contribution in [2.45, 2.75) is 6.92 Å². The maximum atomic E-state index is 14.5. The fraction of sp³-hybridized carbons (Fsp3) is 0.0612. The van der Waals surface area contributed by atoms with Gasteiger partial charge in [0, 0.05) is 39.8 Å². The highest BCUT2D eigenvalue weighted by molar-refractivity contribution is 7.71. The van der Waals surface area contributed by atoms with E-state index in [0.717, 1.165) is 50.5 Å². The Morgan fingerprint density at radius 1 is 0.586 bits per heavy atom. The second-order valence-corrected chi connectivity index (χ2v) is 17.9. The zero-order valence-electron chi connectivity index (χ0n) is 32.3. The van der Waals surface area contributed by atoms with Crippen molar-refractivity contribution in [1.29, 1.82) is 0 Å². The van der Waals surface area contributed by atoms with Crippen LogP contribution < -0.4 is 28.7 Å². The molecule has 2 aliphatic rings. The number of hydrogen-bond donors (Lipinski definition) is 0. The van der Waals surface area contributed by atoms with Crippen LogP contribution in [0.25, 0.3) is 28.9 Å². The van der Waals surface area contributed by atoms with Crippen molar-refractivity contribution >= 4 is 54.8 Å². The number of hydrogen-bond acceptors (Lipinski definition) is 7. The van der Waals surface area contributed by atoms with E-state index in [1.165, 1.54) is 0 Å². The molecule has 7 nitrogen and oxygen atoms in total. The zero-order valence-corrected chi connectivity index (χ0v) is 34.1. The van der Waals surface area contributed by atoms with Crippen LogP contribution in [0.2, 0.25) is 0 Å². The molecule has 2 unspecified atom stereocenters. The molecule has 9 heteroatoms. The van der Waals surface area contributed by atoms with E-state index >= 15 is 0 Å².